The average Bonchev–Trinajstić information content (AvgIpc) is 2.47. The molecule has 0 atom stereocenters. The van der Waals surface area contributed by atoms with E-state index in [1.54, 1.807) is 6.08 Å². The van der Waals surface area contributed by atoms with Gasteiger partial charge in [-0.15, -0.1) is 0 Å². The molecule has 0 aliphatic rings. The number of hydrogen-bond donors (Lipinski definition) is 0. The maximum Gasteiger partial charge on any atom is 0.163 e. The van der Waals surface area contributed by atoms with Gasteiger partial charge >= 0.3 is 0 Å². The molecule has 0 N–H and O–H groups in total. The van der Waals surface area contributed by atoms with Crippen molar-refractivity contribution in [2.45, 2.75) is 13.8 Å². The van der Waals surface area contributed by atoms with Crippen LogP contribution in [0.3, 0.4) is 0 Å². The van der Waals surface area contributed by atoms with Gasteiger partial charge in [-0.05, 0) is 13.8 Å². The van der Waals surface area contributed by atoms with E-state index in [0.717, 1.165) is 11.1 Å². The minimum Gasteiger partial charge on any atom is -0.213 e. The van der Waals surface area contributed by atoms with Crippen LogP contribution in [0.2, 0.25) is 0 Å². The molecule has 0 saturated carbocycles. The van der Waals surface area contributed by atoms with E-state index in [1.807, 2.05) is 62.4 Å². The highest BCUT2D eigenvalue weighted by Gasteiger charge is 2.08. The maximum absolute atomic E-state index is 4.55. The van der Waals surface area contributed by atoms with Crippen LogP contribution in [0.25, 0.3) is 17.0 Å². The minimum atomic E-state index is 0.661. The van der Waals surface area contributed by atoms with Gasteiger partial charge < -0.3 is 0 Å². The van der Waals surface area contributed by atoms with Crippen LogP contribution in [0.5, 0.6) is 0 Å². The Kier molecular flexibility index (Phi) is 4.56. The van der Waals surface area contributed by atoms with Crippen LogP contribution in [0.15, 0.2) is 61.2 Å². The number of allylic oxidation sites excluding steroid dienone is 5. The monoisotopic (exact) mass is 263 g/mol. The Hall–Kier alpha value is -2.55. The molecule has 0 aliphatic carbocycles. The van der Waals surface area contributed by atoms with Crippen molar-refractivity contribution in [2.75, 3.05) is 0 Å². The summed E-state index contributed by atoms with van der Waals surface area (Å²) in [5.41, 5.74) is 1.91. The summed E-state index contributed by atoms with van der Waals surface area (Å²) in [5.74, 6) is 2.05. The van der Waals surface area contributed by atoms with Gasteiger partial charge in [-0.25, -0.2) is 15.0 Å². The highest BCUT2D eigenvalue weighted by atomic mass is 15.0. The molecule has 2 rings (SSSR count). The highest BCUT2D eigenvalue weighted by molar-refractivity contribution is 5.71. The van der Waals surface area contributed by atoms with Crippen molar-refractivity contribution in [1.29, 1.82) is 0 Å². The van der Waals surface area contributed by atoms with Crippen molar-refractivity contribution in [3.05, 3.63) is 72.9 Å². The third-order valence-electron chi connectivity index (χ3n) is 2.68. The lowest BCUT2D eigenvalue weighted by Crippen LogP contribution is -2.01. The molecular weight excluding hydrogens is 246 g/mol. The van der Waals surface area contributed by atoms with Crippen molar-refractivity contribution in [2.24, 2.45) is 0 Å². The lowest BCUT2D eigenvalue weighted by Gasteiger charge is -2.05. The molecule has 100 valence electrons. The lowest BCUT2D eigenvalue weighted by atomic mass is 10.2. The number of nitrogens with zero attached hydrogens (tertiary/aromatic N) is 3. The van der Waals surface area contributed by atoms with E-state index < -0.39 is 0 Å². The Morgan fingerprint density at radius 3 is 2.50 bits per heavy atom. The Morgan fingerprint density at radius 2 is 1.85 bits per heavy atom. The summed E-state index contributed by atoms with van der Waals surface area (Å²) in [6.45, 7) is 7.57. The second kappa shape index (κ2) is 6.57. The first-order chi connectivity index (χ1) is 9.74. The molecule has 1 aromatic carbocycles. The second-order valence-corrected chi connectivity index (χ2v) is 4.25. The molecule has 20 heavy (non-hydrogen) atoms. The fraction of sp³-hybridized carbons (Fsp3) is 0.118. The molecular formula is C17H17N3. The largest absolute Gasteiger partial charge is 0.213 e. The van der Waals surface area contributed by atoms with Gasteiger partial charge in [0.25, 0.3) is 0 Å². The van der Waals surface area contributed by atoms with Crippen LogP contribution in [0, 0.1) is 6.92 Å². The molecule has 0 unspecified atom stereocenters. The SMILES string of the molecule is C=C/C=C(\C=C/C)c1nc(C)nc(-c2ccccc2)n1. The van der Waals surface area contributed by atoms with E-state index in [0.29, 0.717) is 17.5 Å². The van der Waals surface area contributed by atoms with Crippen LogP contribution in [0.1, 0.15) is 18.6 Å². The van der Waals surface area contributed by atoms with E-state index in [-0.39, 0.29) is 0 Å². The van der Waals surface area contributed by atoms with Crippen LogP contribution in [0.4, 0.5) is 0 Å². The first-order valence-electron chi connectivity index (χ1n) is 6.48. The molecule has 3 heteroatoms. The quantitative estimate of drug-likeness (QED) is 0.783. The van der Waals surface area contributed by atoms with E-state index >= 15 is 0 Å². The van der Waals surface area contributed by atoms with Crippen molar-refractivity contribution in [3.63, 3.8) is 0 Å². The number of hydrogen-bond acceptors (Lipinski definition) is 3. The summed E-state index contributed by atoms with van der Waals surface area (Å²) in [4.78, 5) is 13.4. The number of benzene rings is 1. The molecule has 0 bridgehead atoms. The van der Waals surface area contributed by atoms with Crippen molar-refractivity contribution in [1.82, 2.24) is 15.0 Å². The smallest absolute Gasteiger partial charge is 0.163 e. The Bertz CT molecular complexity index is 655. The van der Waals surface area contributed by atoms with Crippen LogP contribution in [-0.4, -0.2) is 15.0 Å². The van der Waals surface area contributed by atoms with Gasteiger partial charge in [0, 0.05) is 11.1 Å². The fourth-order valence-corrected chi connectivity index (χ4v) is 1.84. The molecule has 1 aromatic heterocycles. The second-order valence-electron chi connectivity index (χ2n) is 4.25. The van der Waals surface area contributed by atoms with Crippen molar-refractivity contribution in [3.8, 4) is 11.4 Å². The zero-order valence-electron chi connectivity index (χ0n) is 11.7. The Labute approximate surface area is 119 Å². The third-order valence-corrected chi connectivity index (χ3v) is 2.68. The van der Waals surface area contributed by atoms with Gasteiger partial charge in [0.15, 0.2) is 11.6 Å². The number of aryl methyl sites for hydroxylation is 1. The molecule has 2 aromatic rings. The predicted octanol–water partition coefficient (Wildman–Crippen LogP) is 3.99. The standard InChI is InChI=1S/C17H17N3/c1-4-9-14(10-5-2)16-18-13(3)19-17(20-16)15-11-7-6-8-12-15/h4-12H,1H2,2-3H3/b10-5-,14-9+. The molecule has 0 saturated heterocycles. The molecule has 0 amide bonds. The molecule has 0 spiro atoms. The fourth-order valence-electron chi connectivity index (χ4n) is 1.84. The Balaban J connectivity index is 2.54. The lowest BCUT2D eigenvalue weighted by molar-refractivity contribution is 0.962. The summed E-state index contributed by atoms with van der Waals surface area (Å²) >= 11 is 0. The zero-order chi connectivity index (χ0) is 14.4. The van der Waals surface area contributed by atoms with E-state index in [4.69, 9.17) is 0 Å². The highest BCUT2D eigenvalue weighted by Crippen LogP contribution is 2.18. The van der Waals surface area contributed by atoms with E-state index in [9.17, 15) is 0 Å². The molecule has 0 aliphatic heterocycles. The summed E-state index contributed by atoms with van der Waals surface area (Å²) in [7, 11) is 0. The first-order valence-corrected chi connectivity index (χ1v) is 6.48. The van der Waals surface area contributed by atoms with E-state index in [2.05, 4.69) is 21.5 Å². The van der Waals surface area contributed by atoms with Gasteiger partial charge in [-0.1, -0.05) is 61.2 Å². The van der Waals surface area contributed by atoms with Crippen LogP contribution < -0.4 is 0 Å². The van der Waals surface area contributed by atoms with Crippen molar-refractivity contribution < 1.29 is 0 Å². The maximum atomic E-state index is 4.55. The third kappa shape index (κ3) is 3.26. The van der Waals surface area contributed by atoms with Crippen LogP contribution >= 0.6 is 0 Å². The first kappa shape index (κ1) is 13.9. The summed E-state index contributed by atoms with van der Waals surface area (Å²) in [5, 5.41) is 0. The molecule has 3 nitrogen and oxygen atoms in total. The normalized spacial score (nSPS) is 11.8. The van der Waals surface area contributed by atoms with E-state index in [1.165, 1.54) is 0 Å². The molecule has 0 radical (unpaired) electrons. The zero-order valence-corrected chi connectivity index (χ0v) is 11.7. The van der Waals surface area contributed by atoms with Crippen LogP contribution in [-0.2, 0) is 0 Å². The summed E-state index contributed by atoms with van der Waals surface area (Å²) in [6.07, 6.45) is 7.54. The van der Waals surface area contributed by atoms with Gasteiger partial charge in [-0.2, -0.15) is 0 Å². The average molecular weight is 263 g/mol. The van der Waals surface area contributed by atoms with Gasteiger partial charge in [-0.3, -0.25) is 0 Å². The molecule has 1 heterocycles. The van der Waals surface area contributed by atoms with Gasteiger partial charge in [0.05, 0.1) is 0 Å². The predicted molar refractivity (Wildman–Crippen MR) is 83.0 cm³/mol. The van der Waals surface area contributed by atoms with Crippen molar-refractivity contribution >= 4 is 5.57 Å². The molecule has 0 fully saturated rings. The van der Waals surface area contributed by atoms with Gasteiger partial charge in [0.2, 0.25) is 0 Å². The number of aromatic nitrogens is 3. The number of rotatable bonds is 4. The Morgan fingerprint density at radius 1 is 1.10 bits per heavy atom. The topological polar surface area (TPSA) is 38.7 Å². The van der Waals surface area contributed by atoms with Gasteiger partial charge in [0.1, 0.15) is 5.82 Å². The minimum absolute atomic E-state index is 0.661. The summed E-state index contributed by atoms with van der Waals surface area (Å²) < 4.78 is 0. The summed E-state index contributed by atoms with van der Waals surface area (Å²) in [6, 6.07) is 9.90.